The van der Waals surface area contributed by atoms with E-state index in [-0.39, 0.29) is 0 Å². The first kappa shape index (κ1) is 26.9. The fraction of sp³-hybridized carbons (Fsp3) is 0.318. The summed E-state index contributed by atoms with van der Waals surface area (Å²) in [6.07, 6.45) is 11.9. The molecular weight excluding hydrogens is 558 g/mol. The molecule has 0 aliphatic heterocycles. The Hall–Kier alpha value is -4.30. The van der Waals surface area contributed by atoms with Gasteiger partial charge in [0.25, 0.3) is 0 Å². The average molecular weight is 600 g/mol. The van der Waals surface area contributed by atoms with Crippen LogP contribution in [-0.2, 0) is 6.42 Å². The summed E-state index contributed by atoms with van der Waals surface area (Å²) in [5.41, 5.74) is 16.6. The Balaban J connectivity index is 1.21. The Labute approximate surface area is 272 Å². The van der Waals surface area contributed by atoms with Crippen LogP contribution < -0.4 is 4.90 Å². The maximum absolute atomic E-state index is 6.51. The number of para-hydroxylation sites is 1. The molecule has 4 bridgehead atoms. The highest BCUT2D eigenvalue weighted by Crippen LogP contribution is 2.61. The number of rotatable bonds is 5. The predicted molar refractivity (Wildman–Crippen MR) is 191 cm³/mol. The second-order valence-electron chi connectivity index (χ2n) is 14.5. The van der Waals surface area contributed by atoms with Gasteiger partial charge in [-0.05, 0) is 151 Å². The molecule has 0 saturated heterocycles. The van der Waals surface area contributed by atoms with Crippen molar-refractivity contribution >= 4 is 39.0 Å². The molecule has 0 amide bonds. The number of hydrogen-bond donors (Lipinski definition) is 0. The SMILES string of the molecule is CCc1ccc(-c2ccc(N(c3ccc4c(c3)oc3ccccc34)c3c4c(cc5c3C3CCC5CC3)C3CCC4CC3)cc2)cc1. The smallest absolute Gasteiger partial charge is 0.137 e. The summed E-state index contributed by atoms with van der Waals surface area (Å²) in [4.78, 5) is 2.66. The van der Waals surface area contributed by atoms with Crippen molar-refractivity contribution in [3.63, 3.8) is 0 Å². The number of aryl methyl sites for hydroxylation is 1. The van der Waals surface area contributed by atoms with Gasteiger partial charge in [-0.1, -0.05) is 67.6 Å². The largest absolute Gasteiger partial charge is 0.456 e. The molecule has 5 aromatic carbocycles. The molecule has 0 spiro atoms. The van der Waals surface area contributed by atoms with Gasteiger partial charge in [0.1, 0.15) is 11.2 Å². The minimum Gasteiger partial charge on any atom is -0.456 e. The number of nitrogens with zero attached hydrogens (tertiary/aromatic N) is 1. The standard InChI is InChI=1S/C44H41NO/c1-2-27-7-9-28(10-8-27)29-19-21-34(22-20-29)45(35-23-24-37-36-5-3-4-6-40(36)46-41(37)25-35)44-42-32-15-11-30(12-16-32)38(42)26-39-31-13-17-33(18-14-31)43(39)44/h3-10,19-26,30-33H,2,11-18H2,1H3. The van der Waals surface area contributed by atoms with Crippen molar-refractivity contribution in [3.05, 3.63) is 125 Å². The number of hydrogen-bond acceptors (Lipinski definition) is 2. The first-order chi connectivity index (χ1) is 22.7. The molecule has 2 heteroatoms. The summed E-state index contributed by atoms with van der Waals surface area (Å²) < 4.78 is 6.51. The summed E-state index contributed by atoms with van der Waals surface area (Å²) in [6, 6.07) is 36.7. The molecule has 6 aromatic rings. The van der Waals surface area contributed by atoms with Gasteiger partial charge in [0.2, 0.25) is 0 Å². The van der Waals surface area contributed by atoms with Gasteiger partial charge in [0, 0.05) is 28.2 Å². The molecule has 2 saturated carbocycles. The predicted octanol–water partition coefficient (Wildman–Crippen LogP) is 12.8. The zero-order valence-corrected chi connectivity index (χ0v) is 26.8. The third-order valence-electron chi connectivity index (χ3n) is 12.3. The normalized spacial score (nSPS) is 22.7. The second-order valence-corrected chi connectivity index (χ2v) is 14.5. The zero-order chi connectivity index (χ0) is 30.4. The third-order valence-corrected chi connectivity index (χ3v) is 12.3. The van der Waals surface area contributed by atoms with Crippen LogP contribution in [0.2, 0.25) is 0 Å². The van der Waals surface area contributed by atoms with Gasteiger partial charge in [-0.2, -0.15) is 0 Å². The molecule has 46 heavy (non-hydrogen) atoms. The van der Waals surface area contributed by atoms with E-state index >= 15 is 0 Å². The highest BCUT2D eigenvalue weighted by Gasteiger charge is 2.43. The van der Waals surface area contributed by atoms with Crippen LogP contribution in [0.3, 0.4) is 0 Å². The second kappa shape index (κ2) is 10.4. The van der Waals surface area contributed by atoms with Crippen LogP contribution in [0.15, 0.2) is 101 Å². The molecule has 1 aromatic heterocycles. The van der Waals surface area contributed by atoms with E-state index < -0.39 is 0 Å². The summed E-state index contributed by atoms with van der Waals surface area (Å²) >= 11 is 0. The van der Waals surface area contributed by atoms with Gasteiger partial charge in [0.15, 0.2) is 0 Å². The van der Waals surface area contributed by atoms with E-state index in [0.29, 0.717) is 11.8 Å². The van der Waals surface area contributed by atoms with Gasteiger partial charge in [-0.25, -0.2) is 0 Å². The molecule has 2 fully saturated rings. The number of furan rings is 1. The van der Waals surface area contributed by atoms with Crippen molar-refractivity contribution in [2.75, 3.05) is 4.90 Å². The number of fused-ring (bicyclic) bond motifs is 7. The summed E-state index contributed by atoms with van der Waals surface area (Å²) in [5.74, 6) is 2.76. The van der Waals surface area contributed by atoms with Gasteiger partial charge < -0.3 is 9.32 Å². The molecule has 0 N–H and O–H groups in total. The molecule has 2 nitrogen and oxygen atoms in total. The lowest BCUT2D eigenvalue weighted by molar-refractivity contribution is 0.342. The maximum Gasteiger partial charge on any atom is 0.137 e. The van der Waals surface area contributed by atoms with E-state index in [1.807, 2.05) is 0 Å². The molecule has 12 rings (SSSR count). The Morgan fingerprint density at radius 1 is 0.543 bits per heavy atom. The molecule has 0 radical (unpaired) electrons. The Morgan fingerprint density at radius 2 is 1.09 bits per heavy atom. The van der Waals surface area contributed by atoms with E-state index in [9.17, 15) is 0 Å². The van der Waals surface area contributed by atoms with Gasteiger partial charge in [0.05, 0.1) is 5.69 Å². The van der Waals surface area contributed by atoms with Crippen molar-refractivity contribution in [2.45, 2.75) is 88.4 Å². The molecule has 228 valence electrons. The van der Waals surface area contributed by atoms with Crippen LogP contribution in [0.25, 0.3) is 33.1 Å². The van der Waals surface area contributed by atoms with Crippen LogP contribution in [0, 0.1) is 0 Å². The van der Waals surface area contributed by atoms with Gasteiger partial charge >= 0.3 is 0 Å². The lowest BCUT2D eigenvalue weighted by Crippen LogP contribution is -2.31. The minimum atomic E-state index is 0.662. The number of anilines is 3. The van der Waals surface area contributed by atoms with E-state index in [4.69, 9.17) is 4.42 Å². The quantitative estimate of drug-likeness (QED) is 0.196. The molecule has 0 unspecified atom stereocenters. The van der Waals surface area contributed by atoms with Gasteiger partial charge in [-0.15, -0.1) is 0 Å². The Kier molecular flexibility index (Phi) is 6.05. The minimum absolute atomic E-state index is 0.662. The molecular formula is C44H41NO. The lowest BCUT2D eigenvalue weighted by atomic mass is 9.60. The van der Waals surface area contributed by atoms with E-state index in [1.54, 1.807) is 22.3 Å². The lowest BCUT2D eigenvalue weighted by Gasteiger charge is -2.48. The van der Waals surface area contributed by atoms with Crippen molar-refractivity contribution in [2.24, 2.45) is 0 Å². The van der Waals surface area contributed by atoms with E-state index in [2.05, 4.69) is 109 Å². The summed E-state index contributed by atoms with van der Waals surface area (Å²) in [5, 5.41) is 2.39. The monoisotopic (exact) mass is 599 g/mol. The summed E-state index contributed by atoms with van der Waals surface area (Å²) in [6.45, 7) is 2.22. The van der Waals surface area contributed by atoms with Crippen LogP contribution in [0.5, 0.6) is 0 Å². The van der Waals surface area contributed by atoms with Crippen LogP contribution >= 0.6 is 0 Å². The molecule has 0 atom stereocenters. The zero-order valence-electron chi connectivity index (χ0n) is 26.8. The topological polar surface area (TPSA) is 16.4 Å². The van der Waals surface area contributed by atoms with E-state index in [0.717, 1.165) is 29.4 Å². The van der Waals surface area contributed by atoms with Crippen molar-refractivity contribution in [1.82, 2.24) is 0 Å². The Bertz CT molecular complexity index is 2050. The molecule has 6 aliphatic rings. The van der Waals surface area contributed by atoms with Gasteiger partial charge in [-0.3, -0.25) is 0 Å². The van der Waals surface area contributed by atoms with E-state index in [1.165, 1.54) is 95.9 Å². The van der Waals surface area contributed by atoms with Crippen LogP contribution in [-0.4, -0.2) is 0 Å². The highest BCUT2D eigenvalue weighted by molar-refractivity contribution is 6.06. The van der Waals surface area contributed by atoms with Crippen molar-refractivity contribution in [3.8, 4) is 11.1 Å². The van der Waals surface area contributed by atoms with Crippen molar-refractivity contribution in [1.29, 1.82) is 0 Å². The van der Waals surface area contributed by atoms with Crippen molar-refractivity contribution < 1.29 is 4.42 Å². The first-order valence-corrected chi connectivity index (χ1v) is 17.8. The van der Waals surface area contributed by atoms with Crippen LogP contribution in [0.1, 0.15) is 110 Å². The molecule has 1 heterocycles. The molecule has 6 aliphatic carbocycles. The third kappa shape index (κ3) is 4.01. The maximum atomic E-state index is 6.51. The Morgan fingerprint density at radius 3 is 1.72 bits per heavy atom. The first-order valence-electron chi connectivity index (χ1n) is 17.8. The fourth-order valence-electron chi connectivity index (χ4n) is 9.90. The summed E-state index contributed by atoms with van der Waals surface area (Å²) in [7, 11) is 0. The highest BCUT2D eigenvalue weighted by atomic mass is 16.3. The fourth-order valence-corrected chi connectivity index (χ4v) is 9.90. The average Bonchev–Trinajstić information content (AvgIpc) is 3.51. The number of benzene rings is 5. The van der Waals surface area contributed by atoms with Crippen LogP contribution in [0.4, 0.5) is 17.1 Å².